The van der Waals surface area contributed by atoms with Gasteiger partial charge in [-0.3, -0.25) is 9.36 Å². The van der Waals surface area contributed by atoms with Crippen LogP contribution in [0.1, 0.15) is 26.6 Å². The summed E-state index contributed by atoms with van der Waals surface area (Å²) in [7, 11) is 0. The molecule has 35 heavy (non-hydrogen) atoms. The fraction of sp³-hybridized carbons (Fsp3) is 0.120. The average Bonchev–Trinajstić information content (AvgIpc) is 3.61. The second-order valence-electron chi connectivity index (χ2n) is 7.76. The minimum Gasteiger partial charge on any atom is -0.461 e. The number of halogens is 1. The lowest BCUT2D eigenvalue weighted by Gasteiger charge is -2.08. The number of anilines is 1. The quantitative estimate of drug-likeness (QED) is 0.262. The van der Waals surface area contributed by atoms with Crippen molar-refractivity contribution in [1.29, 1.82) is 0 Å². The number of rotatable bonds is 7. The van der Waals surface area contributed by atoms with Crippen LogP contribution in [0.15, 0.2) is 75.8 Å². The molecule has 3 heterocycles. The molecule has 5 rings (SSSR count). The molecule has 0 aliphatic carbocycles. The number of aromatic nitrogens is 4. The van der Waals surface area contributed by atoms with Crippen LogP contribution in [0.3, 0.4) is 0 Å². The molecule has 1 amide bonds. The number of hydrogen-bond donors (Lipinski definition) is 1. The van der Waals surface area contributed by atoms with Crippen LogP contribution in [0.2, 0.25) is 0 Å². The Morgan fingerprint density at radius 3 is 2.69 bits per heavy atom. The maximum absolute atomic E-state index is 13.5. The van der Waals surface area contributed by atoms with E-state index in [0.717, 1.165) is 16.3 Å². The Morgan fingerprint density at radius 2 is 1.94 bits per heavy atom. The molecule has 0 radical (unpaired) electrons. The lowest BCUT2D eigenvalue weighted by Crippen LogP contribution is -2.12. The first-order chi connectivity index (χ1) is 17.0. The van der Waals surface area contributed by atoms with Gasteiger partial charge in [0, 0.05) is 11.1 Å². The van der Waals surface area contributed by atoms with Crippen molar-refractivity contribution in [3.63, 3.8) is 0 Å². The summed E-state index contributed by atoms with van der Waals surface area (Å²) in [5.41, 5.74) is 4.08. The van der Waals surface area contributed by atoms with Gasteiger partial charge in [0.15, 0.2) is 10.9 Å². The fourth-order valence-electron chi connectivity index (χ4n) is 3.37. The summed E-state index contributed by atoms with van der Waals surface area (Å²) >= 11 is 2.82. The van der Waals surface area contributed by atoms with Crippen LogP contribution in [0, 0.1) is 19.7 Å². The van der Waals surface area contributed by atoms with Crippen LogP contribution in [-0.4, -0.2) is 25.7 Å². The smallest absolute Gasteiger partial charge is 0.275 e. The predicted molar refractivity (Wildman–Crippen MR) is 135 cm³/mol. The first-order valence-electron chi connectivity index (χ1n) is 10.7. The molecule has 0 atom stereocenters. The topological polar surface area (TPSA) is 85.8 Å². The van der Waals surface area contributed by atoms with Crippen LogP contribution >= 0.6 is 23.1 Å². The molecule has 0 unspecified atom stereocenters. The zero-order chi connectivity index (χ0) is 24.4. The van der Waals surface area contributed by atoms with Crippen molar-refractivity contribution in [1.82, 2.24) is 19.7 Å². The van der Waals surface area contributed by atoms with Gasteiger partial charge in [-0.2, -0.15) is 0 Å². The molecule has 0 spiro atoms. The summed E-state index contributed by atoms with van der Waals surface area (Å²) in [6.07, 6.45) is 1.56. The molecule has 0 aliphatic heterocycles. The maximum Gasteiger partial charge on any atom is 0.275 e. The number of thioether (sulfide) groups is 1. The zero-order valence-corrected chi connectivity index (χ0v) is 20.5. The molecule has 1 N–H and O–H groups in total. The summed E-state index contributed by atoms with van der Waals surface area (Å²) in [4.78, 5) is 17.2. The van der Waals surface area contributed by atoms with Crippen molar-refractivity contribution in [2.24, 2.45) is 0 Å². The Morgan fingerprint density at radius 1 is 1.11 bits per heavy atom. The van der Waals surface area contributed by atoms with Crippen LogP contribution < -0.4 is 5.32 Å². The summed E-state index contributed by atoms with van der Waals surface area (Å²) < 4.78 is 20.8. The lowest BCUT2D eigenvalue weighted by atomic mass is 10.1. The standard InChI is InChI=1S/C25H20FN5O2S2/c1-15-5-8-18(12-16(15)2)27-24(32)20-13-34-22(28-20)14-35-25-30-29-23(21-4-3-11-33-21)31(25)19-9-6-17(26)7-10-19/h3-13H,14H2,1-2H3,(H,27,32). The normalized spacial score (nSPS) is 11.1. The Hall–Kier alpha value is -3.76. The van der Waals surface area contributed by atoms with Crippen molar-refractivity contribution in [2.75, 3.05) is 5.32 Å². The largest absolute Gasteiger partial charge is 0.461 e. The van der Waals surface area contributed by atoms with E-state index >= 15 is 0 Å². The summed E-state index contributed by atoms with van der Waals surface area (Å²) in [6, 6.07) is 15.4. The number of carbonyl (C=O) groups excluding carboxylic acids is 1. The highest BCUT2D eigenvalue weighted by Crippen LogP contribution is 2.30. The Bertz CT molecular complexity index is 1480. The van der Waals surface area contributed by atoms with Crippen LogP contribution in [-0.2, 0) is 5.75 Å². The van der Waals surface area contributed by atoms with E-state index in [1.54, 1.807) is 35.9 Å². The second-order valence-corrected chi connectivity index (χ2v) is 9.65. The lowest BCUT2D eigenvalue weighted by molar-refractivity contribution is 0.102. The van der Waals surface area contributed by atoms with Crippen LogP contribution in [0.25, 0.3) is 17.3 Å². The maximum atomic E-state index is 13.5. The first kappa shape index (κ1) is 23.0. The SMILES string of the molecule is Cc1ccc(NC(=O)c2csc(CSc3nnc(-c4ccco4)n3-c3ccc(F)cc3)n2)cc1C. The number of nitrogens with one attached hydrogen (secondary N) is 1. The van der Waals surface area contributed by atoms with Gasteiger partial charge in [-0.1, -0.05) is 17.8 Å². The molecule has 0 fully saturated rings. The third-order valence-corrected chi connectivity index (χ3v) is 7.31. The van der Waals surface area contributed by atoms with Crippen molar-refractivity contribution >= 4 is 34.7 Å². The molecule has 0 aliphatic rings. The van der Waals surface area contributed by atoms with Crippen LogP contribution in [0.4, 0.5) is 10.1 Å². The van der Waals surface area contributed by atoms with E-state index < -0.39 is 0 Å². The Kier molecular flexibility index (Phi) is 6.47. The molecule has 3 aromatic heterocycles. The number of hydrogen-bond acceptors (Lipinski definition) is 7. The van der Waals surface area contributed by atoms with Gasteiger partial charge in [0.05, 0.1) is 17.7 Å². The molecule has 10 heteroatoms. The van der Waals surface area contributed by atoms with Crippen molar-refractivity contribution < 1.29 is 13.6 Å². The molecular weight excluding hydrogens is 485 g/mol. The van der Waals surface area contributed by atoms with Crippen molar-refractivity contribution in [3.05, 3.63) is 93.9 Å². The van der Waals surface area contributed by atoms with E-state index in [1.807, 2.05) is 36.6 Å². The fourth-order valence-corrected chi connectivity index (χ4v) is 5.12. The van der Waals surface area contributed by atoms with Gasteiger partial charge in [-0.05, 0) is 73.5 Å². The van der Waals surface area contributed by atoms with Gasteiger partial charge in [-0.15, -0.1) is 21.5 Å². The van der Waals surface area contributed by atoms with Crippen molar-refractivity contribution in [3.8, 4) is 17.3 Å². The minimum absolute atomic E-state index is 0.254. The van der Waals surface area contributed by atoms with E-state index in [-0.39, 0.29) is 11.7 Å². The van der Waals surface area contributed by atoms with Gasteiger partial charge in [-0.25, -0.2) is 9.37 Å². The molecule has 7 nitrogen and oxygen atoms in total. The summed E-state index contributed by atoms with van der Waals surface area (Å²) in [6.45, 7) is 4.03. The summed E-state index contributed by atoms with van der Waals surface area (Å²) in [5.74, 6) is 0.962. The third kappa shape index (κ3) is 5.03. The average molecular weight is 506 g/mol. The van der Waals surface area contributed by atoms with Gasteiger partial charge < -0.3 is 9.73 Å². The molecular formula is C25H20FN5O2S2. The highest BCUT2D eigenvalue weighted by molar-refractivity contribution is 7.98. The molecule has 0 saturated heterocycles. The highest BCUT2D eigenvalue weighted by atomic mass is 32.2. The van der Waals surface area contributed by atoms with E-state index in [1.165, 1.54) is 40.8 Å². The molecule has 176 valence electrons. The number of furan rings is 1. The van der Waals surface area contributed by atoms with Gasteiger partial charge in [0.2, 0.25) is 5.82 Å². The number of amides is 1. The van der Waals surface area contributed by atoms with E-state index in [4.69, 9.17) is 4.42 Å². The number of thiazole rings is 1. The Labute approximate surface area is 209 Å². The van der Waals surface area contributed by atoms with Gasteiger partial charge in [0.1, 0.15) is 16.5 Å². The number of carbonyl (C=O) groups is 1. The van der Waals surface area contributed by atoms with Gasteiger partial charge in [0.25, 0.3) is 5.91 Å². The first-order valence-corrected chi connectivity index (χ1v) is 12.6. The molecule has 0 bridgehead atoms. The number of benzene rings is 2. The zero-order valence-electron chi connectivity index (χ0n) is 18.9. The monoisotopic (exact) mass is 505 g/mol. The number of aryl methyl sites for hydroxylation is 2. The molecule has 5 aromatic rings. The minimum atomic E-state index is -0.329. The second kappa shape index (κ2) is 9.85. The molecule has 2 aromatic carbocycles. The predicted octanol–water partition coefficient (Wildman–Crippen LogP) is 6.28. The highest BCUT2D eigenvalue weighted by Gasteiger charge is 2.19. The number of nitrogens with zero attached hydrogens (tertiary/aromatic N) is 4. The summed E-state index contributed by atoms with van der Waals surface area (Å²) in [5, 5.41) is 14.6. The Balaban J connectivity index is 1.33. The van der Waals surface area contributed by atoms with E-state index in [0.29, 0.717) is 33.9 Å². The van der Waals surface area contributed by atoms with E-state index in [9.17, 15) is 9.18 Å². The van der Waals surface area contributed by atoms with Gasteiger partial charge >= 0.3 is 0 Å². The van der Waals surface area contributed by atoms with E-state index in [2.05, 4.69) is 20.5 Å². The molecule has 0 saturated carbocycles. The van der Waals surface area contributed by atoms with Crippen molar-refractivity contribution in [2.45, 2.75) is 24.8 Å². The third-order valence-electron chi connectivity index (χ3n) is 5.33. The van der Waals surface area contributed by atoms with Crippen LogP contribution in [0.5, 0.6) is 0 Å².